The first-order valence-electron chi connectivity index (χ1n) is 10.3. The minimum Gasteiger partial charge on any atom is -0.480 e. The Bertz CT molecular complexity index is 827. The largest absolute Gasteiger partial charge is 0.480 e. The van der Waals surface area contributed by atoms with E-state index in [0.717, 1.165) is 63.7 Å². The lowest BCUT2D eigenvalue weighted by Gasteiger charge is -2.36. The van der Waals surface area contributed by atoms with Crippen LogP contribution in [0.25, 0.3) is 0 Å². The van der Waals surface area contributed by atoms with Crippen LogP contribution in [-0.4, -0.2) is 72.1 Å². The molecule has 0 saturated carbocycles. The molecule has 8 heteroatoms. The third kappa shape index (κ3) is 4.41. The summed E-state index contributed by atoms with van der Waals surface area (Å²) in [6, 6.07) is 3.86. The zero-order valence-electron chi connectivity index (χ0n) is 17.1. The minimum atomic E-state index is 0.0948. The number of piperazine rings is 1. The molecule has 154 valence electrons. The Hall–Kier alpha value is -2.90. The van der Waals surface area contributed by atoms with Crippen molar-refractivity contribution in [3.63, 3.8) is 0 Å². The van der Waals surface area contributed by atoms with Gasteiger partial charge in [0.25, 0.3) is 5.91 Å². The number of rotatable bonds is 4. The molecule has 0 radical (unpaired) electrons. The molecule has 0 bridgehead atoms. The van der Waals surface area contributed by atoms with Gasteiger partial charge in [0.1, 0.15) is 5.82 Å². The van der Waals surface area contributed by atoms with Crippen LogP contribution in [0.3, 0.4) is 0 Å². The number of nitrogens with zero attached hydrogens (tertiary/aromatic N) is 6. The van der Waals surface area contributed by atoms with Crippen LogP contribution in [0.2, 0.25) is 0 Å². The summed E-state index contributed by atoms with van der Waals surface area (Å²) in [5.41, 5.74) is 0.675. The standard InChI is InChI=1S/C21H28N6O2/c1-16-5-7-27(8-6-16)21(28)17-3-4-18(23-13-17)25-9-11-26(12-10-25)19-14-22-15-20(24-19)29-2/h3-4,13-16H,5-12H2,1-2H3. The van der Waals surface area contributed by atoms with Crippen LogP contribution in [0, 0.1) is 5.92 Å². The number of methoxy groups -OCH3 is 1. The van der Waals surface area contributed by atoms with Gasteiger partial charge in [-0.15, -0.1) is 0 Å². The molecule has 2 aromatic rings. The van der Waals surface area contributed by atoms with E-state index in [-0.39, 0.29) is 5.91 Å². The first-order chi connectivity index (χ1) is 14.1. The number of hydrogen-bond acceptors (Lipinski definition) is 7. The normalized spacial score (nSPS) is 18.1. The molecule has 0 aliphatic carbocycles. The van der Waals surface area contributed by atoms with E-state index in [0.29, 0.717) is 17.4 Å². The Balaban J connectivity index is 1.35. The van der Waals surface area contributed by atoms with E-state index >= 15 is 0 Å². The monoisotopic (exact) mass is 396 g/mol. The molecular formula is C21H28N6O2. The summed E-state index contributed by atoms with van der Waals surface area (Å²) in [7, 11) is 1.59. The fraction of sp³-hybridized carbons (Fsp3) is 0.524. The summed E-state index contributed by atoms with van der Waals surface area (Å²) in [5, 5.41) is 0. The summed E-state index contributed by atoms with van der Waals surface area (Å²) < 4.78 is 5.16. The van der Waals surface area contributed by atoms with Crippen molar-refractivity contribution in [1.82, 2.24) is 19.9 Å². The van der Waals surface area contributed by atoms with E-state index in [1.165, 1.54) is 0 Å². The highest BCUT2D eigenvalue weighted by atomic mass is 16.5. The summed E-state index contributed by atoms with van der Waals surface area (Å²) in [5.74, 6) is 3.06. The maximum atomic E-state index is 12.7. The number of carbonyl (C=O) groups excluding carboxylic acids is 1. The number of anilines is 2. The maximum absolute atomic E-state index is 12.7. The van der Waals surface area contributed by atoms with Gasteiger partial charge in [-0.2, -0.15) is 4.98 Å². The first kappa shape index (κ1) is 19.4. The second-order valence-corrected chi connectivity index (χ2v) is 7.77. The third-order valence-electron chi connectivity index (χ3n) is 5.80. The quantitative estimate of drug-likeness (QED) is 0.783. The predicted molar refractivity (Wildman–Crippen MR) is 112 cm³/mol. The zero-order chi connectivity index (χ0) is 20.2. The number of likely N-dealkylation sites (tertiary alicyclic amines) is 1. The first-order valence-corrected chi connectivity index (χ1v) is 10.3. The number of pyridine rings is 1. The van der Waals surface area contributed by atoms with Gasteiger partial charge in [-0.1, -0.05) is 6.92 Å². The summed E-state index contributed by atoms with van der Waals surface area (Å²) in [6.07, 6.45) is 7.25. The Morgan fingerprint density at radius 1 is 0.966 bits per heavy atom. The predicted octanol–water partition coefficient (Wildman–Crippen LogP) is 2.08. The van der Waals surface area contributed by atoms with E-state index in [1.807, 2.05) is 17.0 Å². The lowest BCUT2D eigenvalue weighted by molar-refractivity contribution is 0.0697. The van der Waals surface area contributed by atoms with Crippen molar-refractivity contribution in [2.75, 3.05) is 56.2 Å². The molecular weight excluding hydrogens is 368 g/mol. The van der Waals surface area contributed by atoms with Crippen LogP contribution >= 0.6 is 0 Å². The smallest absolute Gasteiger partial charge is 0.255 e. The molecule has 29 heavy (non-hydrogen) atoms. The fourth-order valence-corrected chi connectivity index (χ4v) is 3.85. The second kappa shape index (κ2) is 8.63. The molecule has 4 heterocycles. The Morgan fingerprint density at radius 3 is 2.28 bits per heavy atom. The van der Waals surface area contributed by atoms with E-state index in [1.54, 1.807) is 25.7 Å². The van der Waals surface area contributed by atoms with Crippen molar-refractivity contribution in [2.45, 2.75) is 19.8 Å². The Kier molecular flexibility index (Phi) is 5.78. The highest BCUT2D eigenvalue weighted by Gasteiger charge is 2.23. The average Bonchev–Trinajstić information content (AvgIpc) is 2.79. The van der Waals surface area contributed by atoms with Gasteiger partial charge in [0.15, 0.2) is 5.82 Å². The molecule has 2 aliphatic rings. The van der Waals surface area contributed by atoms with Crippen molar-refractivity contribution in [1.29, 1.82) is 0 Å². The topological polar surface area (TPSA) is 74.7 Å². The van der Waals surface area contributed by atoms with E-state index in [2.05, 4.69) is 31.7 Å². The Labute approximate surface area is 171 Å². The van der Waals surface area contributed by atoms with Crippen LogP contribution < -0.4 is 14.5 Å². The molecule has 8 nitrogen and oxygen atoms in total. The van der Waals surface area contributed by atoms with Crippen LogP contribution in [0.4, 0.5) is 11.6 Å². The number of piperidine rings is 1. The molecule has 2 aromatic heterocycles. The van der Waals surface area contributed by atoms with Gasteiger partial charge < -0.3 is 19.4 Å². The van der Waals surface area contributed by atoms with Crippen molar-refractivity contribution in [3.8, 4) is 5.88 Å². The van der Waals surface area contributed by atoms with Crippen molar-refractivity contribution in [2.24, 2.45) is 5.92 Å². The van der Waals surface area contributed by atoms with E-state index < -0.39 is 0 Å². The molecule has 0 aromatic carbocycles. The van der Waals surface area contributed by atoms with Gasteiger partial charge >= 0.3 is 0 Å². The van der Waals surface area contributed by atoms with Crippen LogP contribution in [0.15, 0.2) is 30.7 Å². The molecule has 2 saturated heterocycles. The van der Waals surface area contributed by atoms with Gasteiger partial charge in [-0.3, -0.25) is 9.78 Å². The van der Waals surface area contributed by atoms with E-state index in [4.69, 9.17) is 4.74 Å². The van der Waals surface area contributed by atoms with Gasteiger partial charge in [0.2, 0.25) is 5.88 Å². The molecule has 2 aliphatic heterocycles. The van der Waals surface area contributed by atoms with Crippen molar-refractivity contribution in [3.05, 3.63) is 36.3 Å². The molecule has 4 rings (SSSR count). The lowest BCUT2D eigenvalue weighted by atomic mass is 9.99. The van der Waals surface area contributed by atoms with E-state index in [9.17, 15) is 4.79 Å². The molecule has 0 atom stereocenters. The molecule has 1 amide bonds. The third-order valence-corrected chi connectivity index (χ3v) is 5.80. The number of carbonyl (C=O) groups is 1. The second-order valence-electron chi connectivity index (χ2n) is 7.77. The fourth-order valence-electron chi connectivity index (χ4n) is 3.85. The molecule has 0 N–H and O–H groups in total. The number of ether oxygens (including phenoxy) is 1. The number of amides is 1. The average molecular weight is 396 g/mol. The van der Waals surface area contributed by atoms with Gasteiger partial charge in [-0.05, 0) is 30.9 Å². The zero-order valence-corrected chi connectivity index (χ0v) is 17.1. The SMILES string of the molecule is COc1cncc(N2CCN(c3ccc(C(=O)N4CCC(C)CC4)cn3)CC2)n1. The minimum absolute atomic E-state index is 0.0948. The lowest BCUT2D eigenvalue weighted by Crippen LogP contribution is -2.47. The molecule has 0 unspecified atom stereocenters. The summed E-state index contributed by atoms with van der Waals surface area (Å²) in [6.45, 7) is 7.27. The Morgan fingerprint density at radius 2 is 1.66 bits per heavy atom. The van der Waals surface area contributed by atoms with Crippen LogP contribution in [0.5, 0.6) is 5.88 Å². The molecule has 0 spiro atoms. The van der Waals surface area contributed by atoms with Crippen molar-refractivity contribution < 1.29 is 9.53 Å². The van der Waals surface area contributed by atoms with Gasteiger partial charge in [0.05, 0.1) is 25.1 Å². The maximum Gasteiger partial charge on any atom is 0.255 e. The number of aromatic nitrogens is 3. The number of hydrogen-bond donors (Lipinski definition) is 0. The van der Waals surface area contributed by atoms with Gasteiger partial charge in [0, 0.05) is 45.5 Å². The van der Waals surface area contributed by atoms with Crippen LogP contribution in [-0.2, 0) is 0 Å². The van der Waals surface area contributed by atoms with Crippen molar-refractivity contribution >= 4 is 17.5 Å². The highest BCUT2D eigenvalue weighted by molar-refractivity contribution is 5.94. The molecule has 2 fully saturated rings. The van der Waals surface area contributed by atoms with Gasteiger partial charge in [-0.25, -0.2) is 4.98 Å². The summed E-state index contributed by atoms with van der Waals surface area (Å²) >= 11 is 0. The summed E-state index contributed by atoms with van der Waals surface area (Å²) in [4.78, 5) is 32.3. The van der Waals surface area contributed by atoms with Crippen LogP contribution in [0.1, 0.15) is 30.1 Å². The highest BCUT2D eigenvalue weighted by Crippen LogP contribution is 2.21.